The molecule has 0 spiro atoms. The van der Waals surface area contributed by atoms with Crippen LogP contribution in [0.15, 0.2) is 24.3 Å². The molecule has 5 heteroatoms. The summed E-state index contributed by atoms with van der Waals surface area (Å²) >= 11 is 0. The minimum absolute atomic E-state index is 0.104. The molecule has 25 heavy (non-hydrogen) atoms. The van der Waals surface area contributed by atoms with Gasteiger partial charge in [-0.05, 0) is 51.4 Å². The fourth-order valence-electron chi connectivity index (χ4n) is 2.84. The van der Waals surface area contributed by atoms with Gasteiger partial charge in [0.2, 0.25) is 5.91 Å². The molecule has 1 unspecified atom stereocenters. The Morgan fingerprint density at radius 1 is 1.16 bits per heavy atom. The van der Waals surface area contributed by atoms with Crippen LogP contribution in [0.1, 0.15) is 53.5 Å². The van der Waals surface area contributed by atoms with Gasteiger partial charge in [0.15, 0.2) is 0 Å². The largest absolute Gasteiger partial charge is 0.508 e. The van der Waals surface area contributed by atoms with Gasteiger partial charge >= 0.3 is 0 Å². The number of rotatable bonds is 8. The quantitative estimate of drug-likeness (QED) is 0.630. The predicted octanol–water partition coefficient (Wildman–Crippen LogP) is 3.06. The Bertz CT molecular complexity index is 536. The molecular weight excluding hydrogens is 316 g/mol. The van der Waals surface area contributed by atoms with E-state index in [0.29, 0.717) is 12.8 Å². The number of likely N-dealkylation sites (N-methyl/N-ethyl adjacent to an activating group) is 1. The highest BCUT2D eigenvalue weighted by Gasteiger charge is 2.31. The number of phenols is 1. The lowest BCUT2D eigenvalue weighted by Gasteiger charge is -2.33. The standard InChI is InChI=1S/C18H28N2O3.C2H6/c1-17(2,12-21)11-18(3,4)20-16(23)15(19-5)10-13-6-8-14(22)9-7-13;1-2/h6-9,12,15,19,22H,10-11H2,1-5H3,(H,20,23);1-2H3. The highest BCUT2D eigenvalue weighted by Crippen LogP contribution is 2.25. The van der Waals surface area contributed by atoms with Gasteiger partial charge in [-0.3, -0.25) is 4.79 Å². The van der Waals surface area contributed by atoms with Crippen molar-refractivity contribution in [2.75, 3.05) is 7.05 Å². The van der Waals surface area contributed by atoms with Gasteiger partial charge in [0.25, 0.3) is 0 Å². The highest BCUT2D eigenvalue weighted by molar-refractivity contribution is 5.82. The minimum atomic E-state index is -0.483. The summed E-state index contributed by atoms with van der Waals surface area (Å²) in [4.78, 5) is 23.6. The molecule has 0 bridgehead atoms. The normalized spacial score (nSPS) is 12.6. The van der Waals surface area contributed by atoms with Crippen LogP contribution in [-0.2, 0) is 16.0 Å². The van der Waals surface area contributed by atoms with E-state index in [1.807, 2.05) is 41.5 Å². The Labute approximate surface area is 152 Å². The summed E-state index contributed by atoms with van der Waals surface area (Å²) < 4.78 is 0. The Morgan fingerprint density at radius 2 is 1.68 bits per heavy atom. The summed E-state index contributed by atoms with van der Waals surface area (Å²) in [5.41, 5.74) is -0.00245. The zero-order chi connectivity index (χ0) is 19.7. The molecule has 0 radical (unpaired) electrons. The summed E-state index contributed by atoms with van der Waals surface area (Å²) in [6, 6.07) is 6.44. The van der Waals surface area contributed by atoms with Crippen molar-refractivity contribution in [1.82, 2.24) is 10.6 Å². The Kier molecular flexibility index (Phi) is 9.42. The molecule has 0 aliphatic carbocycles. The van der Waals surface area contributed by atoms with Crippen LogP contribution >= 0.6 is 0 Å². The van der Waals surface area contributed by atoms with E-state index >= 15 is 0 Å². The van der Waals surface area contributed by atoms with E-state index in [2.05, 4.69) is 10.6 Å². The summed E-state index contributed by atoms with van der Waals surface area (Å²) in [6.45, 7) is 11.6. The first-order chi connectivity index (χ1) is 11.6. The first-order valence-corrected chi connectivity index (χ1v) is 8.82. The molecule has 1 aromatic rings. The van der Waals surface area contributed by atoms with Gasteiger partial charge in [-0.25, -0.2) is 0 Å². The summed E-state index contributed by atoms with van der Waals surface area (Å²) in [6.07, 6.45) is 2.01. The summed E-state index contributed by atoms with van der Waals surface area (Å²) in [5.74, 6) is 0.101. The van der Waals surface area contributed by atoms with E-state index in [1.165, 1.54) is 0 Å². The second-order valence-electron chi connectivity index (χ2n) is 7.37. The van der Waals surface area contributed by atoms with Crippen molar-refractivity contribution < 1.29 is 14.7 Å². The van der Waals surface area contributed by atoms with Crippen LogP contribution in [0.4, 0.5) is 0 Å². The van der Waals surface area contributed by atoms with E-state index in [1.54, 1.807) is 31.3 Å². The average Bonchev–Trinajstić information content (AvgIpc) is 2.54. The van der Waals surface area contributed by atoms with Crippen molar-refractivity contribution in [1.29, 1.82) is 0 Å². The third kappa shape index (κ3) is 8.68. The van der Waals surface area contributed by atoms with Crippen molar-refractivity contribution in [3.63, 3.8) is 0 Å². The van der Waals surface area contributed by atoms with Crippen molar-refractivity contribution in [3.05, 3.63) is 29.8 Å². The Hall–Kier alpha value is -1.88. The van der Waals surface area contributed by atoms with Gasteiger partial charge in [0, 0.05) is 11.0 Å². The number of hydrogen-bond acceptors (Lipinski definition) is 4. The lowest BCUT2D eigenvalue weighted by atomic mass is 9.81. The lowest BCUT2D eigenvalue weighted by Crippen LogP contribution is -2.53. The number of phenolic OH excluding ortho intramolecular Hbond substituents is 1. The third-order valence-corrected chi connectivity index (χ3v) is 3.72. The predicted molar refractivity (Wildman–Crippen MR) is 103 cm³/mol. The van der Waals surface area contributed by atoms with E-state index < -0.39 is 11.0 Å². The molecule has 0 aliphatic rings. The Balaban J connectivity index is 0.00000277. The molecule has 0 heterocycles. The molecule has 0 aliphatic heterocycles. The number of hydrogen-bond donors (Lipinski definition) is 3. The highest BCUT2D eigenvalue weighted by atomic mass is 16.3. The number of aldehydes is 1. The second-order valence-corrected chi connectivity index (χ2v) is 7.37. The van der Waals surface area contributed by atoms with Crippen LogP contribution in [0.25, 0.3) is 0 Å². The molecule has 1 rings (SSSR count). The lowest BCUT2D eigenvalue weighted by molar-refractivity contribution is -0.125. The minimum Gasteiger partial charge on any atom is -0.508 e. The number of benzene rings is 1. The molecule has 0 saturated carbocycles. The molecule has 0 saturated heterocycles. The number of carbonyl (C=O) groups is 2. The number of aromatic hydroxyl groups is 1. The molecular formula is C20H34N2O3. The van der Waals surface area contributed by atoms with Crippen LogP contribution in [0.5, 0.6) is 5.75 Å². The zero-order valence-corrected chi connectivity index (χ0v) is 16.6. The van der Waals surface area contributed by atoms with E-state index in [0.717, 1.165) is 11.8 Å². The molecule has 3 N–H and O–H groups in total. The SMILES string of the molecule is CC.CNC(Cc1ccc(O)cc1)C(=O)NC(C)(C)CC(C)(C)C=O. The Morgan fingerprint density at radius 3 is 2.12 bits per heavy atom. The molecule has 0 fully saturated rings. The molecule has 0 aromatic heterocycles. The first kappa shape index (κ1) is 23.1. The van der Waals surface area contributed by atoms with E-state index in [4.69, 9.17) is 0 Å². The van der Waals surface area contributed by atoms with Gasteiger partial charge in [0.1, 0.15) is 12.0 Å². The van der Waals surface area contributed by atoms with Crippen molar-refractivity contribution >= 4 is 12.2 Å². The third-order valence-electron chi connectivity index (χ3n) is 3.72. The smallest absolute Gasteiger partial charge is 0.237 e. The van der Waals surface area contributed by atoms with Crippen LogP contribution in [-0.4, -0.2) is 35.9 Å². The average molecular weight is 351 g/mol. The van der Waals surface area contributed by atoms with Crippen molar-refractivity contribution in [2.24, 2.45) is 5.41 Å². The summed E-state index contributed by atoms with van der Waals surface area (Å²) in [5, 5.41) is 15.4. The topological polar surface area (TPSA) is 78.4 Å². The molecule has 5 nitrogen and oxygen atoms in total. The number of nitrogens with one attached hydrogen (secondary N) is 2. The number of amides is 1. The van der Waals surface area contributed by atoms with E-state index in [-0.39, 0.29) is 17.7 Å². The van der Waals surface area contributed by atoms with Crippen molar-refractivity contribution in [2.45, 2.75) is 66.0 Å². The zero-order valence-electron chi connectivity index (χ0n) is 16.6. The maximum absolute atomic E-state index is 12.5. The van der Waals surface area contributed by atoms with Gasteiger partial charge in [-0.1, -0.05) is 39.8 Å². The summed E-state index contributed by atoms with van der Waals surface area (Å²) in [7, 11) is 1.74. The first-order valence-electron chi connectivity index (χ1n) is 8.82. The van der Waals surface area contributed by atoms with Crippen LogP contribution < -0.4 is 10.6 Å². The maximum atomic E-state index is 12.5. The van der Waals surface area contributed by atoms with Crippen LogP contribution in [0, 0.1) is 5.41 Å². The molecule has 1 amide bonds. The maximum Gasteiger partial charge on any atom is 0.237 e. The van der Waals surface area contributed by atoms with Gasteiger partial charge < -0.3 is 20.5 Å². The van der Waals surface area contributed by atoms with Crippen LogP contribution in [0.2, 0.25) is 0 Å². The van der Waals surface area contributed by atoms with Crippen molar-refractivity contribution in [3.8, 4) is 5.75 Å². The van der Waals surface area contributed by atoms with Gasteiger partial charge in [-0.15, -0.1) is 0 Å². The monoisotopic (exact) mass is 350 g/mol. The fourth-order valence-corrected chi connectivity index (χ4v) is 2.84. The van der Waals surface area contributed by atoms with Gasteiger partial charge in [-0.2, -0.15) is 0 Å². The second kappa shape index (κ2) is 10.2. The van der Waals surface area contributed by atoms with Gasteiger partial charge in [0.05, 0.1) is 6.04 Å². The molecule has 1 atom stereocenters. The van der Waals surface area contributed by atoms with E-state index in [9.17, 15) is 14.7 Å². The molecule has 1 aromatic carbocycles. The molecule has 142 valence electrons. The number of carbonyl (C=O) groups excluding carboxylic acids is 2. The fraction of sp³-hybridized carbons (Fsp3) is 0.600. The van der Waals surface area contributed by atoms with Crippen LogP contribution in [0.3, 0.4) is 0 Å².